The van der Waals surface area contributed by atoms with Gasteiger partial charge < -0.3 is 15.5 Å². The van der Waals surface area contributed by atoms with Crippen molar-refractivity contribution in [2.45, 2.75) is 64.2 Å². The largest absolute Gasteiger partial charge is 0.371 e. The molecule has 1 aromatic carbocycles. The Bertz CT molecular complexity index is 1230. The number of amides is 3. The Kier molecular flexibility index (Phi) is 7.78. The summed E-state index contributed by atoms with van der Waals surface area (Å²) in [5.74, 6) is 1.38. The first-order valence-corrected chi connectivity index (χ1v) is 13.7. The quantitative estimate of drug-likeness (QED) is 0.460. The van der Waals surface area contributed by atoms with Crippen molar-refractivity contribution in [3.8, 4) is 0 Å². The van der Waals surface area contributed by atoms with Crippen LogP contribution >= 0.6 is 0 Å². The number of fused-ring (bicyclic) bond motifs is 1. The molecule has 10 nitrogen and oxygen atoms in total. The van der Waals surface area contributed by atoms with Crippen LogP contribution in [0.3, 0.4) is 0 Å². The second-order valence-corrected chi connectivity index (χ2v) is 10.5. The minimum absolute atomic E-state index is 0.00980. The molecule has 0 bridgehead atoms. The molecule has 2 fully saturated rings. The van der Waals surface area contributed by atoms with Crippen LogP contribution in [0.4, 0.5) is 16.3 Å². The summed E-state index contributed by atoms with van der Waals surface area (Å²) in [4.78, 5) is 33.0. The molecule has 1 aliphatic carbocycles. The fourth-order valence-electron chi connectivity index (χ4n) is 5.49. The number of imide groups is 1. The van der Waals surface area contributed by atoms with Gasteiger partial charge in [-0.15, -0.1) is 0 Å². The molecule has 3 amide bonds. The number of anilines is 1. The maximum atomic E-state index is 12.0. The summed E-state index contributed by atoms with van der Waals surface area (Å²) in [5, 5.41) is 10.5. The summed E-state index contributed by atoms with van der Waals surface area (Å²) < 4.78 is 1.95. The summed E-state index contributed by atoms with van der Waals surface area (Å²) in [5.41, 5.74) is 8.40. The standard InChI is InChI=1S/C28H38N8O2/c1-3-19-16-24(31-22-11-12-22)36-27(20(17-30-36)10-13-25(37)32-28(29)38)33-26(19)34(2)18-21-8-4-5-9-23(21)35-14-6-7-15-35/h4-5,8-10,13,17,19,22,24,31H,3,6-7,11-12,14-16,18H2,1-2H3,(H3,29,32,37,38). The highest BCUT2D eigenvalue weighted by Crippen LogP contribution is 2.36. The predicted molar refractivity (Wildman–Crippen MR) is 149 cm³/mol. The van der Waals surface area contributed by atoms with E-state index in [0.717, 1.165) is 38.3 Å². The zero-order chi connectivity index (χ0) is 26.6. The van der Waals surface area contributed by atoms with Gasteiger partial charge in [0.1, 0.15) is 12.0 Å². The molecule has 1 saturated carbocycles. The van der Waals surface area contributed by atoms with Gasteiger partial charge in [-0.2, -0.15) is 5.10 Å². The molecule has 2 aromatic rings. The lowest BCUT2D eigenvalue weighted by molar-refractivity contribution is -0.115. The Balaban J connectivity index is 1.47. The molecule has 3 heterocycles. The van der Waals surface area contributed by atoms with Crippen molar-refractivity contribution in [2.24, 2.45) is 16.6 Å². The van der Waals surface area contributed by atoms with Crippen LogP contribution < -0.4 is 21.3 Å². The van der Waals surface area contributed by atoms with Crippen LogP contribution in [0.1, 0.15) is 62.7 Å². The molecule has 2 aliphatic heterocycles. The number of aliphatic imine (C=N–C) groups is 1. The molecule has 1 aromatic heterocycles. The van der Waals surface area contributed by atoms with Gasteiger partial charge in [0.2, 0.25) is 0 Å². The molecule has 2 unspecified atom stereocenters. The molecular weight excluding hydrogens is 480 g/mol. The van der Waals surface area contributed by atoms with Crippen molar-refractivity contribution in [2.75, 3.05) is 25.0 Å². The average molecular weight is 519 g/mol. The fourth-order valence-corrected chi connectivity index (χ4v) is 5.49. The zero-order valence-corrected chi connectivity index (χ0v) is 22.3. The summed E-state index contributed by atoms with van der Waals surface area (Å²) in [7, 11) is 2.12. The average Bonchev–Trinajstić information content (AvgIpc) is 3.41. The number of primary amides is 1. The molecule has 2 atom stereocenters. The van der Waals surface area contributed by atoms with Gasteiger partial charge in [0.25, 0.3) is 5.91 Å². The lowest BCUT2D eigenvalue weighted by Gasteiger charge is -2.30. The van der Waals surface area contributed by atoms with Crippen LogP contribution in [0.15, 0.2) is 41.5 Å². The van der Waals surface area contributed by atoms with Gasteiger partial charge >= 0.3 is 6.03 Å². The van der Waals surface area contributed by atoms with Crippen molar-refractivity contribution < 1.29 is 9.59 Å². The van der Waals surface area contributed by atoms with E-state index in [4.69, 9.17) is 10.7 Å². The number of nitrogens with one attached hydrogen (secondary N) is 2. The van der Waals surface area contributed by atoms with Crippen molar-refractivity contribution in [1.29, 1.82) is 0 Å². The lowest BCUT2D eigenvalue weighted by atomic mass is 9.98. The number of urea groups is 1. The van der Waals surface area contributed by atoms with Crippen LogP contribution in [-0.4, -0.2) is 58.6 Å². The minimum Gasteiger partial charge on any atom is -0.371 e. The number of nitrogens with zero attached hydrogens (tertiary/aromatic N) is 5. The van der Waals surface area contributed by atoms with E-state index in [9.17, 15) is 9.59 Å². The van der Waals surface area contributed by atoms with Gasteiger partial charge in [0.05, 0.1) is 6.20 Å². The van der Waals surface area contributed by atoms with E-state index in [2.05, 4.69) is 63.8 Å². The van der Waals surface area contributed by atoms with E-state index in [1.54, 1.807) is 12.3 Å². The Labute approximate surface area is 224 Å². The number of amidine groups is 1. The van der Waals surface area contributed by atoms with E-state index in [1.807, 2.05) is 4.68 Å². The van der Waals surface area contributed by atoms with E-state index in [0.29, 0.717) is 17.4 Å². The Morgan fingerprint density at radius 2 is 1.97 bits per heavy atom. The SMILES string of the molecule is CCC1CC(NC2CC2)n2ncc(C=CC(=O)NC(N)=O)c2N=C1N(C)Cc1ccccc1N1CCCC1. The minimum atomic E-state index is -0.885. The molecule has 5 rings (SSSR count). The fraction of sp³-hybridized carbons (Fsp3) is 0.500. The first-order valence-electron chi connectivity index (χ1n) is 13.7. The highest BCUT2D eigenvalue weighted by atomic mass is 16.2. The molecule has 3 aliphatic rings. The highest BCUT2D eigenvalue weighted by molar-refractivity contribution is 6.02. The molecule has 0 spiro atoms. The third-order valence-corrected chi connectivity index (χ3v) is 7.58. The number of nitrogens with two attached hydrogens (primary N) is 1. The summed E-state index contributed by atoms with van der Waals surface area (Å²) >= 11 is 0. The van der Waals surface area contributed by atoms with Crippen molar-refractivity contribution >= 4 is 35.4 Å². The Morgan fingerprint density at radius 3 is 2.68 bits per heavy atom. The number of carbonyl (C=O) groups is 2. The number of rotatable bonds is 8. The van der Waals surface area contributed by atoms with Crippen molar-refractivity contribution in [1.82, 2.24) is 25.3 Å². The maximum absolute atomic E-state index is 12.0. The van der Waals surface area contributed by atoms with Gasteiger partial charge in [-0.1, -0.05) is 25.1 Å². The van der Waals surface area contributed by atoms with Crippen LogP contribution in [0.2, 0.25) is 0 Å². The Morgan fingerprint density at radius 1 is 1.21 bits per heavy atom. The number of para-hydroxylation sites is 1. The molecule has 202 valence electrons. The predicted octanol–water partition coefficient (Wildman–Crippen LogP) is 3.53. The van der Waals surface area contributed by atoms with E-state index >= 15 is 0 Å². The molecule has 0 radical (unpaired) electrons. The third-order valence-electron chi connectivity index (χ3n) is 7.58. The van der Waals surface area contributed by atoms with E-state index in [1.165, 1.54) is 43.0 Å². The second-order valence-electron chi connectivity index (χ2n) is 10.5. The monoisotopic (exact) mass is 518 g/mol. The van der Waals surface area contributed by atoms with E-state index in [-0.39, 0.29) is 12.1 Å². The van der Waals surface area contributed by atoms with Gasteiger partial charge in [-0.05, 0) is 56.2 Å². The maximum Gasteiger partial charge on any atom is 0.319 e. The summed E-state index contributed by atoms with van der Waals surface area (Å²) in [6, 6.07) is 8.29. The topological polar surface area (TPSA) is 121 Å². The number of aromatic nitrogens is 2. The highest BCUT2D eigenvalue weighted by Gasteiger charge is 2.34. The van der Waals surface area contributed by atoms with Crippen LogP contribution in [0.5, 0.6) is 0 Å². The van der Waals surface area contributed by atoms with Gasteiger partial charge in [0, 0.05) is 56.0 Å². The lowest BCUT2D eigenvalue weighted by Crippen LogP contribution is -2.36. The molecular formula is C28H38N8O2. The van der Waals surface area contributed by atoms with Crippen LogP contribution in [0, 0.1) is 5.92 Å². The smallest absolute Gasteiger partial charge is 0.319 e. The molecule has 38 heavy (non-hydrogen) atoms. The third kappa shape index (κ3) is 5.91. The van der Waals surface area contributed by atoms with Crippen molar-refractivity contribution in [3.05, 3.63) is 47.7 Å². The number of carbonyl (C=O) groups excluding carboxylic acids is 2. The van der Waals surface area contributed by atoms with Crippen LogP contribution in [0.25, 0.3) is 6.08 Å². The van der Waals surface area contributed by atoms with Gasteiger partial charge in [-0.3, -0.25) is 15.4 Å². The van der Waals surface area contributed by atoms with Gasteiger partial charge in [-0.25, -0.2) is 14.5 Å². The normalized spacial score (nSPS) is 21.2. The zero-order valence-electron chi connectivity index (χ0n) is 22.3. The molecule has 4 N–H and O–H groups in total. The first kappa shape index (κ1) is 26.0. The first-order chi connectivity index (χ1) is 18.4. The van der Waals surface area contributed by atoms with E-state index < -0.39 is 11.9 Å². The molecule has 1 saturated heterocycles. The number of hydrogen-bond donors (Lipinski definition) is 3. The summed E-state index contributed by atoms with van der Waals surface area (Å²) in [6.45, 7) is 5.17. The number of hydrogen-bond acceptors (Lipinski definition) is 7. The van der Waals surface area contributed by atoms with Crippen molar-refractivity contribution in [3.63, 3.8) is 0 Å². The second kappa shape index (κ2) is 11.4. The number of benzene rings is 1. The Hall–Kier alpha value is -3.66. The summed E-state index contributed by atoms with van der Waals surface area (Å²) in [6.07, 6.45) is 11.3. The van der Waals surface area contributed by atoms with Crippen LogP contribution in [-0.2, 0) is 11.3 Å². The molecule has 10 heteroatoms. The van der Waals surface area contributed by atoms with Gasteiger partial charge in [0.15, 0.2) is 5.82 Å².